The average molecular weight is 208 g/mol. The molecule has 0 aliphatic carbocycles. The topological polar surface area (TPSA) is 55.0 Å². The zero-order valence-electron chi connectivity index (χ0n) is 8.95. The predicted octanol–water partition coefficient (Wildman–Crippen LogP) is 1.23. The molecule has 82 valence electrons. The number of aromatic nitrogens is 2. The van der Waals surface area contributed by atoms with Crippen LogP contribution >= 0.6 is 0 Å². The van der Waals surface area contributed by atoms with Gasteiger partial charge < -0.3 is 9.72 Å². The van der Waals surface area contributed by atoms with Crippen molar-refractivity contribution in [3.05, 3.63) is 27.9 Å². The molecule has 0 bridgehead atoms. The van der Waals surface area contributed by atoms with E-state index < -0.39 is 0 Å². The van der Waals surface area contributed by atoms with Gasteiger partial charge in [-0.15, -0.1) is 0 Å². The van der Waals surface area contributed by atoms with Gasteiger partial charge in [0.25, 0.3) is 5.56 Å². The fourth-order valence-electron chi connectivity index (χ4n) is 1.86. The van der Waals surface area contributed by atoms with Crippen molar-refractivity contribution in [3.8, 4) is 0 Å². The van der Waals surface area contributed by atoms with Crippen molar-refractivity contribution in [3.63, 3.8) is 0 Å². The van der Waals surface area contributed by atoms with E-state index in [1.807, 2.05) is 6.92 Å². The standard InChI is InChI=1S/C11H16N2O2/c1-2-9-6-10(14)13-11(12-9)8-4-3-5-15-7-8/h6,8H,2-5,7H2,1H3,(H,12,13,14). The Kier molecular flexibility index (Phi) is 3.16. The number of nitrogens with zero attached hydrogens (tertiary/aromatic N) is 1. The van der Waals surface area contributed by atoms with E-state index in [0.717, 1.165) is 37.4 Å². The van der Waals surface area contributed by atoms with Gasteiger partial charge in [0.15, 0.2) is 0 Å². The van der Waals surface area contributed by atoms with E-state index in [4.69, 9.17) is 4.74 Å². The van der Waals surface area contributed by atoms with Crippen LogP contribution in [0.25, 0.3) is 0 Å². The van der Waals surface area contributed by atoms with E-state index in [2.05, 4.69) is 9.97 Å². The first-order valence-corrected chi connectivity index (χ1v) is 5.47. The summed E-state index contributed by atoms with van der Waals surface area (Å²) >= 11 is 0. The molecule has 1 aromatic heterocycles. The molecule has 0 amide bonds. The first-order valence-electron chi connectivity index (χ1n) is 5.47. The van der Waals surface area contributed by atoms with Crippen molar-refractivity contribution in [1.29, 1.82) is 0 Å². The highest BCUT2D eigenvalue weighted by Gasteiger charge is 2.18. The molecule has 1 aromatic rings. The SMILES string of the molecule is CCc1cc(=O)[nH]c(C2CCCOC2)n1. The number of aromatic amines is 1. The van der Waals surface area contributed by atoms with E-state index in [1.54, 1.807) is 6.07 Å². The summed E-state index contributed by atoms with van der Waals surface area (Å²) in [5, 5.41) is 0. The monoisotopic (exact) mass is 208 g/mol. The summed E-state index contributed by atoms with van der Waals surface area (Å²) in [6.45, 7) is 3.51. The summed E-state index contributed by atoms with van der Waals surface area (Å²) in [6.07, 6.45) is 2.89. The Balaban J connectivity index is 2.26. The molecule has 15 heavy (non-hydrogen) atoms. The third-order valence-electron chi connectivity index (χ3n) is 2.72. The van der Waals surface area contributed by atoms with Crippen LogP contribution in [0.1, 0.15) is 37.2 Å². The zero-order valence-corrected chi connectivity index (χ0v) is 8.95. The number of hydrogen-bond donors (Lipinski definition) is 1. The number of aryl methyl sites for hydroxylation is 1. The van der Waals surface area contributed by atoms with Gasteiger partial charge in [-0.1, -0.05) is 6.92 Å². The number of rotatable bonds is 2. The molecular formula is C11H16N2O2. The highest BCUT2D eigenvalue weighted by molar-refractivity contribution is 5.06. The maximum atomic E-state index is 11.4. The molecule has 1 N–H and O–H groups in total. The Bertz CT molecular complexity index is 380. The minimum Gasteiger partial charge on any atom is -0.381 e. The predicted molar refractivity (Wildman–Crippen MR) is 57.0 cm³/mol. The molecule has 1 fully saturated rings. The van der Waals surface area contributed by atoms with E-state index in [0.29, 0.717) is 6.61 Å². The molecule has 1 aliphatic heterocycles. The lowest BCUT2D eigenvalue weighted by Gasteiger charge is -2.21. The van der Waals surface area contributed by atoms with Crippen LogP contribution < -0.4 is 5.56 Å². The van der Waals surface area contributed by atoms with Crippen LogP contribution in [0.15, 0.2) is 10.9 Å². The minimum atomic E-state index is -0.0533. The fourth-order valence-corrected chi connectivity index (χ4v) is 1.86. The molecule has 0 radical (unpaired) electrons. The van der Waals surface area contributed by atoms with Crippen LogP contribution in [0.2, 0.25) is 0 Å². The molecule has 2 rings (SSSR count). The second-order valence-corrected chi connectivity index (χ2v) is 3.89. The van der Waals surface area contributed by atoms with Crippen LogP contribution in [-0.4, -0.2) is 23.2 Å². The Labute approximate surface area is 88.7 Å². The molecule has 1 unspecified atom stereocenters. The lowest BCUT2D eigenvalue weighted by molar-refractivity contribution is 0.0779. The van der Waals surface area contributed by atoms with Crippen LogP contribution in [0.3, 0.4) is 0 Å². The first-order chi connectivity index (χ1) is 7.29. The third kappa shape index (κ3) is 2.45. The second-order valence-electron chi connectivity index (χ2n) is 3.89. The lowest BCUT2D eigenvalue weighted by Crippen LogP contribution is -2.22. The molecule has 1 atom stereocenters. The van der Waals surface area contributed by atoms with Gasteiger partial charge >= 0.3 is 0 Å². The zero-order chi connectivity index (χ0) is 10.7. The number of hydrogen-bond acceptors (Lipinski definition) is 3. The van der Waals surface area contributed by atoms with Gasteiger partial charge in [0.2, 0.25) is 0 Å². The van der Waals surface area contributed by atoms with Gasteiger partial charge in [0.05, 0.1) is 6.61 Å². The van der Waals surface area contributed by atoms with Gasteiger partial charge in [0, 0.05) is 24.3 Å². The lowest BCUT2D eigenvalue weighted by atomic mass is 10.0. The highest BCUT2D eigenvalue weighted by Crippen LogP contribution is 2.21. The maximum Gasteiger partial charge on any atom is 0.251 e. The summed E-state index contributed by atoms with van der Waals surface area (Å²) in [5.41, 5.74) is 0.807. The molecule has 4 nitrogen and oxygen atoms in total. The Morgan fingerprint density at radius 3 is 3.20 bits per heavy atom. The summed E-state index contributed by atoms with van der Waals surface area (Å²) in [6, 6.07) is 1.56. The normalized spacial score (nSPS) is 21.5. The van der Waals surface area contributed by atoms with Crippen LogP contribution in [0, 0.1) is 0 Å². The van der Waals surface area contributed by atoms with Crippen molar-refractivity contribution < 1.29 is 4.74 Å². The summed E-state index contributed by atoms with van der Waals surface area (Å²) in [5.74, 6) is 1.05. The largest absolute Gasteiger partial charge is 0.381 e. The van der Waals surface area contributed by atoms with E-state index in [9.17, 15) is 4.79 Å². The highest BCUT2D eigenvalue weighted by atomic mass is 16.5. The summed E-state index contributed by atoms with van der Waals surface area (Å²) in [4.78, 5) is 18.6. The third-order valence-corrected chi connectivity index (χ3v) is 2.72. The Morgan fingerprint density at radius 1 is 1.67 bits per heavy atom. The van der Waals surface area contributed by atoms with Crippen molar-refractivity contribution in [1.82, 2.24) is 9.97 Å². The second kappa shape index (κ2) is 4.57. The fraction of sp³-hybridized carbons (Fsp3) is 0.636. The van der Waals surface area contributed by atoms with Gasteiger partial charge in [0.1, 0.15) is 5.82 Å². The minimum absolute atomic E-state index is 0.0533. The molecule has 4 heteroatoms. The van der Waals surface area contributed by atoms with E-state index >= 15 is 0 Å². The van der Waals surface area contributed by atoms with E-state index in [1.165, 1.54) is 0 Å². The molecule has 2 heterocycles. The summed E-state index contributed by atoms with van der Waals surface area (Å²) in [7, 11) is 0. The van der Waals surface area contributed by atoms with Crippen molar-refractivity contribution >= 4 is 0 Å². The molecule has 0 saturated carbocycles. The molecular weight excluding hydrogens is 192 g/mol. The Hall–Kier alpha value is -1.16. The molecule has 0 aromatic carbocycles. The first kappa shape index (κ1) is 10.4. The number of H-pyrrole nitrogens is 1. The van der Waals surface area contributed by atoms with Crippen LogP contribution in [0.4, 0.5) is 0 Å². The Morgan fingerprint density at radius 2 is 2.53 bits per heavy atom. The average Bonchev–Trinajstić information content (AvgIpc) is 2.29. The van der Waals surface area contributed by atoms with Crippen LogP contribution in [-0.2, 0) is 11.2 Å². The van der Waals surface area contributed by atoms with E-state index in [-0.39, 0.29) is 11.5 Å². The smallest absolute Gasteiger partial charge is 0.251 e. The number of ether oxygens (including phenoxy) is 1. The van der Waals surface area contributed by atoms with Gasteiger partial charge in [-0.3, -0.25) is 4.79 Å². The quantitative estimate of drug-likeness (QED) is 0.795. The van der Waals surface area contributed by atoms with Crippen molar-refractivity contribution in [2.24, 2.45) is 0 Å². The van der Waals surface area contributed by atoms with Crippen molar-refractivity contribution in [2.75, 3.05) is 13.2 Å². The van der Waals surface area contributed by atoms with Crippen LogP contribution in [0.5, 0.6) is 0 Å². The maximum absolute atomic E-state index is 11.4. The number of nitrogens with one attached hydrogen (secondary N) is 1. The molecule has 0 spiro atoms. The summed E-state index contributed by atoms with van der Waals surface area (Å²) < 4.78 is 5.39. The van der Waals surface area contributed by atoms with Gasteiger partial charge in [-0.05, 0) is 19.3 Å². The molecule has 1 saturated heterocycles. The van der Waals surface area contributed by atoms with Crippen molar-refractivity contribution in [2.45, 2.75) is 32.1 Å². The molecule has 1 aliphatic rings. The van der Waals surface area contributed by atoms with Gasteiger partial charge in [-0.25, -0.2) is 4.98 Å². The van der Waals surface area contributed by atoms with Gasteiger partial charge in [-0.2, -0.15) is 0 Å².